The van der Waals surface area contributed by atoms with Crippen LogP contribution in [0.1, 0.15) is 38.5 Å². The summed E-state index contributed by atoms with van der Waals surface area (Å²) in [6, 6.07) is 8.13. The average Bonchev–Trinajstić information content (AvgIpc) is 2.55. The Morgan fingerprint density at radius 3 is 2.73 bits per heavy atom. The molecule has 3 rings (SSSR count). The standard InChI is InChI=1S/C18H26ClNO2/c19-14-6-8-15(9-7-14)22-13-3-11-20-12-10-18(21)16-4-1-2-5-17(16)20/h6-9,16-18,21H,1-5,10-13H2. The van der Waals surface area contributed by atoms with Gasteiger partial charge in [0.2, 0.25) is 0 Å². The summed E-state index contributed by atoms with van der Waals surface area (Å²) in [6.45, 7) is 2.84. The predicted molar refractivity (Wildman–Crippen MR) is 89.5 cm³/mol. The molecule has 1 saturated carbocycles. The van der Waals surface area contributed by atoms with Crippen LogP contribution < -0.4 is 4.74 Å². The smallest absolute Gasteiger partial charge is 0.119 e. The van der Waals surface area contributed by atoms with Crippen LogP contribution in [-0.2, 0) is 0 Å². The Hall–Kier alpha value is -0.770. The van der Waals surface area contributed by atoms with E-state index in [9.17, 15) is 5.11 Å². The minimum Gasteiger partial charge on any atom is -0.494 e. The van der Waals surface area contributed by atoms with Gasteiger partial charge in [-0.1, -0.05) is 24.4 Å². The van der Waals surface area contributed by atoms with Crippen LogP contribution in [0, 0.1) is 5.92 Å². The number of likely N-dealkylation sites (tertiary alicyclic amines) is 1. The van der Waals surface area contributed by atoms with Crippen LogP contribution in [0.15, 0.2) is 24.3 Å². The van der Waals surface area contributed by atoms with Crippen molar-refractivity contribution in [1.82, 2.24) is 4.90 Å². The number of piperidine rings is 1. The largest absolute Gasteiger partial charge is 0.494 e. The van der Waals surface area contributed by atoms with Crippen LogP contribution >= 0.6 is 11.6 Å². The van der Waals surface area contributed by atoms with Crippen molar-refractivity contribution in [3.8, 4) is 5.75 Å². The van der Waals surface area contributed by atoms with Crippen LogP contribution in [0.25, 0.3) is 0 Å². The number of nitrogens with zero attached hydrogens (tertiary/aromatic N) is 1. The van der Waals surface area contributed by atoms with Crippen LogP contribution in [0.3, 0.4) is 0 Å². The van der Waals surface area contributed by atoms with Crippen LogP contribution in [0.4, 0.5) is 0 Å². The molecule has 122 valence electrons. The van der Waals surface area contributed by atoms with Gasteiger partial charge in [-0.15, -0.1) is 0 Å². The first-order valence-corrected chi connectivity index (χ1v) is 8.92. The van der Waals surface area contributed by atoms with Crippen molar-refractivity contribution in [2.45, 2.75) is 50.7 Å². The molecule has 0 amide bonds. The zero-order valence-corrected chi connectivity index (χ0v) is 13.8. The summed E-state index contributed by atoms with van der Waals surface area (Å²) in [5.74, 6) is 1.38. The molecule has 1 N–H and O–H groups in total. The molecule has 0 spiro atoms. The van der Waals surface area contributed by atoms with E-state index in [0.29, 0.717) is 12.0 Å². The van der Waals surface area contributed by atoms with Crippen molar-refractivity contribution in [3.05, 3.63) is 29.3 Å². The fourth-order valence-corrected chi connectivity index (χ4v) is 4.11. The molecule has 0 bridgehead atoms. The number of fused-ring (bicyclic) bond motifs is 1. The lowest BCUT2D eigenvalue weighted by Gasteiger charge is -2.46. The van der Waals surface area contributed by atoms with Gasteiger partial charge in [0.25, 0.3) is 0 Å². The lowest BCUT2D eigenvalue weighted by Crippen LogP contribution is -2.52. The molecule has 2 aliphatic rings. The van der Waals surface area contributed by atoms with Crippen LogP contribution in [-0.4, -0.2) is 41.8 Å². The van der Waals surface area contributed by atoms with E-state index in [0.717, 1.165) is 43.3 Å². The highest BCUT2D eigenvalue weighted by atomic mass is 35.5. The number of hydrogen-bond donors (Lipinski definition) is 1. The van der Waals surface area contributed by atoms with E-state index in [4.69, 9.17) is 16.3 Å². The van der Waals surface area contributed by atoms with Crippen molar-refractivity contribution in [2.24, 2.45) is 5.92 Å². The van der Waals surface area contributed by atoms with Crippen LogP contribution in [0.5, 0.6) is 5.75 Å². The van der Waals surface area contributed by atoms with Gasteiger partial charge in [0.15, 0.2) is 0 Å². The number of aliphatic hydroxyl groups excluding tert-OH is 1. The highest BCUT2D eigenvalue weighted by Gasteiger charge is 2.37. The topological polar surface area (TPSA) is 32.7 Å². The average molecular weight is 324 g/mol. The Balaban J connectivity index is 1.43. The van der Waals surface area contributed by atoms with Crippen molar-refractivity contribution >= 4 is 11.6 Å². The second-order valence-electron chi connectivity index (χ2n) is 6.56. The van der Waals surface area contributed by atoms with E-state index in [1.165, 1.54) is 25.7 Å². The summed E-state index contributed by atoms with van der Waals surface area (Å²) in [5.41, 5.74) is 0. The SMILES string of the molecule is OC1CCN(CCCOc2ccc(Cl)cc2)C2CCCCC12. The van der Waals surface area contributed by atoms with Gasteiger partial charge in [0.1, 0.15) is 5.75 Å². The maximum Gasteiger partial charge on any atom is 0.119 e. The van der Waals surface area contributed by atoms with E-state index in [-0.39, 0.29) is 6.10 Å². The van der Waals surface area contributed by atoms with Crippen LogP contribution in [0.2, 0.25) is 5.02 Å². The maximum atomic E-state index is 10.2. The molecule has 1 aliphatic heterocycles. The van der Waals surface area contributed by atoms with Gasteiger partial charge >= 0.3 is 0 Å². The van der Waals surface area contributed by atoms with Crippen molar-refractivity contribution in [2.75, 3.05) is 19.7 Å². The Kier molecular flexibility index (Phi) is 5.61. The van der Waals surface area contributed by atoms with Gasteiger partial charge in [-0.05, 0) is 49.9 Å². The minimum absolute atomic E-state index is 0.0770. The maximum absolute atomic E-state index is 10.2. The third-order valence-electron chi connectivity index (χ3n) is 5.13. The van der Waals surface area contributed by atoms with Gasteiger partial charge in [0.05, 0.1) is 12.7 Å². The minimum atomic E-state index is -0.0770. The molecule has 1 saturated heterocycles. The fourth-order valence-electron chi connectivity index (χ4n) is 3.99. The molecule has 1 aromatic carbocycles. The highest BCUT2D eigenvalue weighted by molar-refractivity contribution is 6.30. The first-order chi connectivity index (χ1) is 10.7. The molecule has 3 nitrogen and oxygen atoms in total. The number of rotatable bonds is 5. The number of benzene rings is 1. The van der Waals surface area contributed by atoms with E-state index in [1.807, 2.05) is 24.3 Å². The quantitative estimate of drug-likeness (QED) is 0.838. The number of aliphatic hydroxyl groups is 1. The summed E-state index contributed by atoms with van der Waals surface area (Å²) in [7, 11) is 0. The Labute approximate surface area is 138 Å². The fraction of sp³-hybridized carbons (Fsp3) is 0.667. The number of ether oxygens (including phenoxy) is 1. The van der Waals surface area contributed by atoms with E-state index >= 15 is 0 Å². The van der Waals surface area contributed by atoms with Gasteiger partial charge in [-0.3, -0.25) is 4.90 Å². The Morgan fingerprint density at radius 2 is 1.91 bits per heavy atom. The van der Waals surface area contributed by atoms with Gasteiger partial charge in [-0.2, -0.15) is 0 Å². The number of halogens is 1. The summed E-state index contributed by atoms with van der Waals surface area (Å²) in [6.07, 6.45) is 6.92. The van der Waals surface area contributed by atoms with Crippen molar-refractivity contribution in [3.63, 3.8) is 0 Å². The molecule has 2 fully saturated rings. The molecule has 1 aromatic rings. The van der Waals surface area contributed by atoms with E-state index in [1.54, 1.807) is 0 Å². The summed E-state index contributed by atoms with van der Waals surface area (Å²) < 4.78 is 5.77. The second-order valence-corrected chi connectivity index (χ2v) is 7.00. The van der Waals surface area contributed by atoms with E-state index < -0.39 is 0 Å². The third-order valence-corrected chi connectivity index (χ3v) is 5.38. The lowest BCUT2D eigenvalue weighted by atomic mass is 9.76. The molecule has 0 aromatic heterocycles. The molecule has 4 heteroatoms. The van der Waals surface area contributed by atoms with E-state index in [2.05, 4.69) is 4.90 Å². The third kappa shape index (κ3) is 3.95. The van der Waals surface area contributed by atoms with Gasteiger partial charge in [0, 0.05) is 30.1 Å². The predicted octanol–water partition coefficient (Wildman–Crippen LogP) is 3.73. The molecular formula is C18H26ClNO2. The molecule has 0 radical (unpaired) electrons. The van der Waals surface area contributed by atoms with Crippen molar-refractivity contribution in [1.29, 1.82) is 0 Å². The molecule has 3 unspecified atom stereocenters. The summed E-state index contributed by atoms with van der Waals surface area (Å²) in [4.78, 5) is 2.59. The Morgan fingerprint density at radius 1 is 1.14 bits per heavy atom. The van der Waals surface area contributed by atoms with Crippen molar-refractivity contribution < 1.29 is 9.84 Å². The monoisotopic (exact) mass is 323 g/mol. The zero-order chi connectivity index (χ0) is 15.4. The zero-order valence-electron chi connectivity index (χ0n) is 13.1. The molecule has 22 heavy (non-hydrogen) atoms. The molecular weight excluding hydrogens is 298 g/mol. The molecule has 3 atom stereocenters. The lowest BCUT2D eigenvalue weighted by molar-refractivity contribution is -0.0369. The Bertz CT molecular complexity index is 465. The summed E-state index contributed by atoms with van der Waals surface area (Å²) in [5, 5.41) is 10.9. The second kappa shape index (κ2) is 7.67. The number of hydrogen-bond acceptors (Lipinski definition) is 3. The van der Waals surface area contributed by atoms with Gasteiger partial charge < -0.3 is 9.84 Å². The van der Waals surface area contributed by atoms with Gasteiger partial charge in [-0.25, -0.2) is 0 Å². The highest BCUT2D eigenvalue weighted by Crippen LogP contribution is 2.35. The molecule has 1 heterocycles. The normalized spacial score (nSPS) is 29.1. The molecule has 1 aliphatic carbocycles. The first-order valence-electron chi connectivity index (χ1n) is 8.54. The summed E-state index contributed by atoms with van der Waals surface area (Å²) >= 11 is 5.87. The first kappa shape index (κ1) is 16.1.